The molecule has 0 N–H and O–H groups in total. The predicted octanol–water partition coefficient (Wildman–Crippen LogP) is 2.45. The highest BCUT2D eigenvalue weighted by molar-refractivity contribution is 5.87. The van der Waals surface area contributed by atoms with E-state index in [4.69, 9.17) is 4.74 Å². The molecular weight excluding hydrogens is 274 g/mol. The smallest absolute Gasteiger partial charge is 0.310 e. The quantitative estimate of drug-likeness (QED) is 0.614. The standard InChI is InChI=1S/C15H19NO5/c1-2-15(8-4-3-5-9-15)21-13-10-11(14(17)18)6-7-12(13)16(19)20/h6-7,10H,2-5,8-9H2,1H3,(H,17,18)/p-1. The van der Waals surface area contributed by atoms with Crippen LogP contribution in [-0.4, -0.2) is 16.5 Å². The predicted molar refractivity (Wildman–Crippen MR) is 74.2 cm³/mol. The Balaban J connectivity index is 2.37. The van der Waals surface area contributed by atoms with E-state index in [2.05, 4.69) is 0 Å². The minimum absolute atomic E-state index is 0.0189. The molecule has 0 amide bonds. The summed E-state index contributed by atoms with van der Waals surface area (Å²) in [7, 11) is 0. The van der Waals surface area contributed by atoms with Crippen molar-refractivity contribution >= 4 is 11.7 Å². The fraction of sp³-hybridized carbons (Fsp3) is 0.533. The van der Waals surface area contributed by atoms with E-state index in [0.717, 1.165) is 44.6 Å². The number of carbonyl (C=O) groups is 1. The van der Waals surface area contributed by atoms with Crippen LogP contribution in [0.2, 0.25) is 0 Å². The third kappa shape index (κ3) is 3.32. The molecule has 0 aromatic heterocycles. The van der Waals surface area contributed by atoms with Gasteiger partial charge in [-0.25, -0.2) is 0 Å². The average Bonchev–Trinajstić information content (AvgIpc) is 2.47. The molecule has 1 aliphatic carbocycles. The van der Waals surface area contributed by atoms with Gasteiger partial charge in [0, 0.05) is 11.6 Å². The van der Waals surface area contributed by atoms with Crippen molar-refractivity contribution in [3.05, 3.63) is 33.9 Å². The van der Waals surface area contributed by atoms with Gasteiger partial charge in [-0.15, -0.1) is 0 Å². The number of rotatable bonds is 5. The van der Waals surface area contributed by atoms with Gasteiger partial charge in [-0.2, -0.15) is 0 Å². The van der Waals surface area contributed by atoms with E-state index in [1.54, 1.807) is 0 Å². The summed E-state index contributed by atoms with van der Waals surface area (Å²) in [4.78, 5) is 21.5. The summed E-state index contributed by atoms with van der Waals surface area (Å²) in [6, 6.07) is 3.52. The van der Waals surface area contributed by atoms with Gasteiger partial charge >= 0.3 is 5.69 Å². The van der Waals surface area contributed by atoms with Crippen LogP contribution in [-0.2, 0) is 0 Å². The minimum atomic E-state index is -1.37. The second-order valence-electron chi connectivity index (χ2n) is 5.43. The maximum Gasteiger partial charge on any atom is 0.310 e. The molecule has 1 aromatic rings. The highest BCUT2D eigenvalue weighted by atomic mass is 16.6. The molecule has 0 bridgehead atoms. The maximum atomic E-state index is 11.1. The molecule has 6 heteroatoms. The van der Waals surface area contributed by atoms with E-state index in [-0.39, 0.29) is 17.0 Å². The summed E-state index contributed by atoms with van der Waals surface area (Å²) < 4.78 is 5.94. The molecule has 0 heterocycles. The fourth-order valence-electron chi connectivity index (χ4n) is 2.83. The Morgan fingerprint density at radius 1 is 1.33 bits per heavy atom. The number of nitrogens with zero attached hydrogens (tertiary/aromatic N) is 1. The van der Waals surface area contributed by atoms with Crippen molar-refractivity contribution in [3.63, 3.8) is 0 Å². The summed E-state index contributed by atoms with van der Waals surface area (Å²) in [6.45, 7) is 1.99. The Bertz CT molecular complexity index is 549. The molecule has 0 aliphatic heterocycles. The number of benzene rings is 1. The fourth-order valence-corrected chi connectivity index (χ4v) is 2.83. The molecule has 0 saturated heterocycles. The average molecular weight is 292 g/mol. The van der Waals surface area contributed by atoms with Gasteiger partial charge in [0.2, 0.25) is 0 Å². The molecule has 1 aliphatic rings. The number of nitro benzene ring substituents is 1. The first-order valence-corrected chi connectivity index (χ1v) is 7.16. The number of ether oxygens (including phenoxy) is 1. The lowest BCUT2D eigenvalue weighted by molar-refractivity contribution is -0.386. The molecule has 0 unspecified atom stereocenters. The number of hydrogen-bond donors (Lipinski definition) is 0. The van der Waals surface area contributed by atoms with Gasteiger partial charge in [0.05, 0.1) is 10.9 Å². The van der Waals surface area contributed by atoms with Crippen molar-refractivity contribution in [1.82, 2.24) is 0 Å². The number of nitro groups is 1. The van der Waals surface area contributed by atoms with Gasteiger partial charge in [-0.3, -0.25) is 10.1 Å². The third-order valence-corrected chi connectivity index (χ3v) is 4.13. The van der Waals surface area contributed by atoms with Crippen molar-refractivity contribution in [2.45, 2.75) is 51.0 Å². The second-order valence-corrected chi connectivity index (χ2v) is 5.43. The van der Waals surface area contributed by atoms with Gasteiger partial charge in [0.25, 0.3) is 0 Å². The molecule has 0 spiro atoms. The van der Waals surface area contributed by atoms with Gasteiger partial charge in [0.1, 0.15) is 5.60 Å². The van der Waals surface area contributed by atoms with E-state index < -0.39 is 16.5 Å². The lowest BCUT2D eigenvalue weighted by Crippen LogP contribution is -2.37. The van der Waals surface area contributed by atoms with Gasteiger partial charge in [-0.05, 0) is 44.2 Å². The number of hydrogen-bond acceptors (Lipinski definition) is 5. The largest absolute Gasteiger partial charge is 0.545 e. The van der Waals surface area contributed by atoms with Crippen LogP contribution in [0.25, 0.3) is 0 Å². The van der Waals surface area contributed by atoms with Crippen molar-refractivity contribution in [1.29, 1.82) is 0 Å². The van der Waals surface area contributed by atoms with Crippen LogP contribution >= 0.6 is 0 Å². The highest BCUT2D eigenvalue weighted by Crippen LogP contribution is 2.39. The Kier molecular flexibility index (Phi) is 4.45. The lowest BCUT2D eigenvalue weighted by atomic mass is 9.82. The second kappa shape index (κ2) is 6.11. The number of carboxylic acids is 1. The molecule has 1 saturated carbocycles. The Hall–Kier alpha value is -2.11. The van der Waals surface area contributed by atoms with Gasteiger partial charge in [0.15, 0.2) is 5.75 Å². The monoisotopic (exact) mass is 292 g/mol. The van der Waals surface area contributed by atoms with Crippen molar-refractivity contribution in [2.75, 3.05) is 0 Å². The molecule has 6 nitrogen and oxygen atoms in total. The van der Waals surface area contributed by atoms with Crippen LogP contribution in [0.3, 0.4) is 0 Å². The number of carbonyl (C=O) groups excluding carboxylic acids is 1. The van der Waals surface area contributed by atoms with Crippen LogP contribution in [0.5, 0.6) is 5.75 Å². The topological polar surface area (TPSA) is 92.5 Å². The molecule has 1 aromatic carbocycles. The first-order valence-electron chi connectivity index (χ1n) is 7.16. The zero-order chi connectivity index (χ0) is 15.5. The van der Waals surface area contributed by atoms with Crippen LogP contribution in [0.1, 0.15) is 55.8 Å². The molecule has 21 heavy (non-hydrogen) atoms. The van der Waals surface area contributed by atoms with E-state index in [1.807, 2.05) is 6.92 Å². The van der Waals surface area contributed by atoms with Crippen LogP contribution in [0.4, 0.5) is 5.69 Å². The summed E-state index contributed by atoms with van der Waals surface area (Å²) in [6.07, 6.45) is 5.56. The molecule has 2 rings (SSSR count). The molecule has 1 fully saturated rings. The molecule has 0 atom stereocenters. The summed E-state index contributed by atoms with van der Waals surface area (Å²) >= 11 is 0. The first kappa shape index (κ1) is 15.3. The number of carboxylic acid groups (broad SMARTS) is 1. The van der Waals surface area contributed by atoms with Crippen LogP contribution in [0, 0.1) is 10.1 Å². The lowest BCUT2D eigenvalue weighted by Gasteiger charge is -2.36. The zero-order valence-corrected chi connectivity index (χ0v) is 12.0. The zero-order valence-electron chi connectivity index (χ0n) is 12.0. The normalized spacial score (nSPS) is 17.2. The Morgan fingerprint density at radius 2 is 2.00 bits per heavy atom. The van der Waals surface area contributed by atoms with Gasteiger partial charge < -0.3 is 14.6 Å². The third-order valence-electron chi connectivity index (χ3n) is 4.13. The first-order chi connectivity index (χ1) is 9.97. The van der Waals surface area contributed by atoms with E-state index in [1.165, 1.54) is 12.1 Å². The molecule has 114 valence electrons. The molecular formula is C15H18NO5-. The van der Waals surface area contributed by atoms with Crippen molar-refractivity contribution in [3.8, 4) is 5.75 Å². The van der Waals surface area contributed by atoms with Crippen LogP contribution in [0.15, 0.2) is 18.2 Å². The van der Waals surface area contributed by atoms with Crippen molar-refractivity contribution in [2.24, 2.45) is 0 Å². The van der Waals surface area contributed by atoms with E-state index >= 15 is 0 Å². The Morgan fingerprint density at radius 3 is 2.52 bits per heavy atom. The summed E-state index contributed by atoms with van der Waals surface area (Å²) in [5, 5.41) is 22.0. The summed E-state index contributed by atoms with van der Waals surface area (Å²) in [5.41, 5.74) is -0.760. The minimum Gasteiger partial charge on any atom is -0.545 e. The molecule has 0 radical (unpaired) electrons. The van der Waals surface area contributed by atoms with E-state index in [0.29, 0.717) is 0 Å². The Labute approximate surface area is 122 Å². The SMILES string of the molecule is CCC1(Oc2cc(C(=O)[O-])ccc2[N+](=O)[O-])CCCCC1. The van der Waals surface area contributed by atoms with Gasteiger partial charge in [-0.1, -0.05) is 13.3 Å². The highest BCUT2D eigenvalue weighted by Gasteiger charge is 2.34. The number of aromatic carboxylic acids is 1. The van der Waals surface area contributed by atoms with Crippen molar-refractivity contribution < 1.29 is 19.6 Å². The van der Waals surface area contributed by atoms with E-state index in [9.17, 15) is 20.0 Å². The van der Waals surface area contributed by atoms with Crippen LogP contribution < -0.4 is 9.84 Å². The summed E-state index contributed by atoms with van der Waals surface area (Å²) in [5.74, 6) is -1.35. The maximum absolute atomic E-state index is 11.1.